The SMILES string of the molecule is CCn1c(=O)c(C(=O)NC(C)C)nc2cc(C)c(C)cc21. The first kappa shape index (κ1) is 15.2. The summed E-state index contributed by atoms with van der Waals surface area (Å²) in [6.45, 7) is 10.1. The molecule has 1 aromatic carbocycles. The second kappa shape index (κ2) is 5.68. The largest absolute Gasteiger partial charge is 0.348 e. The summed E-state index contributed by atoms with van der Waals surface area (Å²) < 4.78 is 1.60. The summed E-state index contributed by atoms with van der Waals surface area (Å²) in [5, 5.41) is 2.73. The van der Waals surface area contributed by atoms with Crippen LogP contribution in [-0.4, -0.2) is 21.5 Å². The van der Waals surface area contributed by atoms with Gasteiger partial charge in [-0.05, 0) is 57.9 Å². The fourth-order valence-corrected chi connectivity index (χ4v) is 2.29. The third-order valence-corrected chi connectivity index (χ3v) is 3.51. The number of rotatable bonds is 3. The highest BCUT2D eigenvalue weighted by atomic mass is 16.2. The Bertz CT molecular complexity index is 760. The minimum Gasteiger partial charge on any atom is -0.348 e. The molecule has 0 spiro atoms. The van der Waals surface area contributed by atoms with Crippen LogP contribution in [0.2, 0.25) is 0 Å². The second-order valence-electron chi connectivity index (χ2n) is 5.56. The van der Waals surface area contributed by atoms with Crippen LogP contribution in [0.1, 0.15) is 42.4 Å². The molecular formula is C16H21N3O2. The van der Waals surface area contributed by atoms with Crippen LogP contribution in [0.3, 0.4) is 0 Å². The zero-order valence-electron chi connectivity index (χ0n) is 13.2. The van der Waals surface area contributed by atoms with Crippen molar-refractivity contribution < 1.29 is 4.79 Å². The van der Waals surface area contributed by atoms with Crippen LogP contribution in [0.5, 0.6) is 0 Å². The van der Waals surface area contributed by atoms with Crippen LogP contribution in [0.25, 0.3) is 11.0 Å². The quantitative estimate of drug-likeness (QED) is 0.941. The van der Waals surface area contributed by atoms with Crippen molar-refractivity contribution in [2.45, 2.75) is 47.2 Å². The van der Waals surface area contributed by atoms with Gasteiger partial charge in [0.2, 0.25) is 0 Å². The molecule has 1 amide bonds. The molecule has 21 heavy (non-hydrogen) atoms. The molecule has 0 fully saturated rings. The first-order valence-electron chi connectivity index (χ1n) is 7.17. The molecule has 0 aliphatic heterocycles. The van der Waals surface area contributed by atoms with E-state index in [1.807, 2.05) is 46.8 Å². The van der Waals surface area contributed by atoms with Crippen LogP contribution < -0.4 is 10.9 Å². The van der Waals surface area contributed by atoms with Gasteiger partial charge in [0.05, 0.1) is 11.0 Å². The highest BCUT2D eigenvalue weighted by Gasteiger charge is 2.18. The van der Waals surface area contributed by atoms with E-state index in [9.17, 15) is 9.59 Å². The molecule has 0 radical (unpaired) electrons. The Labute approximate surface area is 124 Å². The van der Waals surface area contributed by atoms with Crippen LogP contribution in [0.15, 0.2) is 16.9 Å². The van der Waals surface area contributed by atoms with E-state index in [1.165, 1.54) is 0 Å². The number of hydrogen-bond donors (Lipinski definition) is 1. The normalized spacial score (nSPS) is 11.1. The summed E-state index contributed by atoms with van der Waals surface area (Å²) in [6.07, 6.45) is 0. The highest BCUT2D eigenvalue weighted by Crippen LogP contribution is 2.17. The predicted octanol–water partition coefficient (Wildman–Crippen LogP) is 2.17. The Balaban J connectivity index is 2.74. The lowest BCUT2D eigenvalue weighted by Gasteiger charge is -2.13. The Morgan fingerprint density at radius 2 is 1.90 bits per heavy atom. The third kappa shape index (κ3) is 2.82. The van der Waals surface area contributed by atoms with Crippen molar-refractivity contribution in [3.63, 3.8) is 0 Å². The van der Waals surface area contributed by atoms with Crippen LogP contribution >= 0.6 is 0 Å². The first-order valence-corrected chi connectivity index (χ1v) is 7.17. The number of nitrogens with one attached hydrogen (secondary N) is 1. The summed E-state index contributed by atoms with van der Waals surface area (Å²) in [5.74, 6) is -0.419. The number of carbonyl (C=O) groups excluding carboxylic acids is 1. The molecule has 5 nitrogen and oxygen atoms in total. The average Bonchev–Trinajstić information content (AvgIpc) is 2.39. The Morgan fingerprint density at radius 3 is 2.48 bits per heavy atom. The number of amides is 1. The lowest BCUT2D eigenvalue weighted by molar-refractivity contribution is 0.0936. The molecule has 112 valence electrons. The van der Waals surface area contributed by atoms with Gasteiger partial charge < -0.3 is 9.88 Å². The zero-order chi connectivity index (χ0) is 15.7. The molecular weight excluding hydrogens is 266 g/mol. The van der Waals surface area contributed by atoms with Crippen molar-refractivity contribution >= 4 is 16.9 Å². The fourth-order valence-electron chi connectivity index (χ4n) is 2.29. The summed E-state index contributed by atoms with van der Waals surface area (Å²) in [5.41, 5.74) is 3.25. The topological polar surface area (TPSA) is 64.0 Å². The van der Waals surface area contributed by atoms with Crippen molar-refractivity contribution in [2.24, 2.45) is 0 Å². The number of fused-ring (bicyclic) bond motifs is 1. The fraction of sp³-hybridized carbons (Fsp3) is 0.438. The molecule has 0 bridgehead atoms. The molecule has 0 unspecified atom stereocenters. The van der Waals surface area contributed by atoms with E-state index in [-0.39, 0.29) is 17.3 Å². The molecule has 1 heterocycles. The molecule has 5 heteroatoms. The third-order valence-electron chi connectivity index (χ3n) is 3.51. The number of nitrogens with zero attached hydrogens (tertiary/aromatic N) is 2. The molecule has 0 aliphatic rings. The van der Waals surface area contributed by atoms with Crippen molar-refractivity contribution in [2.75, 3.05) is 0 Å². The summed E-state index contributed by atoms with van der Waals surface area (Å²) in [4.78, 5) is 28.9. The van der Waals surface area contributed by atoms with E-state index in [2.05, 4.69) is 10.3 Å². The van der Waals surface area contributed by atoms with E-state index in [0.717, 1.165) is 16.6 Å². The van der Waals surface area contributed by atoms with Crippen molar-refractivity contribution in [1.29, 1.82) is 0 Å². The van der Waals surface area contributed by atoms with Gasteiger partial charge in [0, 0.05) is 12.6 Å². The molecule has 0 atom stereocenters. The van der Waals surface area contributed by atoms with Gasteiger partial charge in [-0.2, -0.15) is 0 Å². The van der Waals surface area contributed by atoms with Crippen molar-refractivity contribution in [1.82, 2.24) is 14.9 Å². The molecule has 0 saturated carbocycles. The maximum Gasteiger partial charge on any atom is 0.282 e. The van der Waals surface area contributed by atoms with E-state index < -0.39 is 5.91 Å². The maximum atomic E-state index is 12.5. The number of aromatic nitrogens is 2. The first-order chi connectivity index (χ1) is 9.85. The minimum atomic E-state index is -0.419. The van der Waals surface area contributed by atoms with Gasteiger partial charge in [-0.25, -0.2) is 4.98 Å². The van der Waals surface area contributed by atoms with Crippen LogP contribution in [0, 0.1) is 13.8 Å². The smallest absolute Gasteiger partial charge is 0.282 e. The van der Waals surface area contributed by atoms with Gasteiger partial charge in [0.1, 0.15) is 0 Å². The average molecular weight is 287 g/mol. The number of hydrogen-bond acceptors (Lipinski definition) is 3. The van der Waals surface area contributed by atoms with E-state index >= 15 is 0 Å². The van der Waals surface area contributed by atoms with Gasteiger partial charge in [-0.15, -0.1) is 0 Å². The molecule has 2 rings (SSSR count). The number of carbonyl (C=O) groups is 1. The molecule has 0 aliphatic carbocycles. The Morgan fingerprint density at radius 1 is 1.29 bits per heavy atom. The summed E-state index contributed by atoms with van der Waals surface area (Å²) in [7, 11) is 0. The van der Waals surface area contributed by atoms with Gasteiger partial charge in [0.15, 0.2) is 5.69 Å². The summed E-state index contributed by atoms with van der Waals surface area (Å²) >= 11 is 0. The second-order valence-corrected chi connectivity index (χ2v) is 5.56. The Kier molecular flexibility index (Phi) is 4.11. The summed E-state index contributed by atoms with van der Waals surface area (Å²) in [6, 6.07) is 3.83. The van der Waals surface area contributed by atoms with Crippen LogP contribution in [-0.2, 0) is 6.54 Å². The standard InChI is InChI=1S/C16H21N3O2/c1-6-19-13-8-11(5)10(4)7-12(13)18-14(16(19)21)15(20)17-9(2)3/h7-9H,6H2,1-5H3,(H,17,20). The zero-order valence-corrected chi connectivity index (χ0v) is 13.2. The van der Waals surface area contributed by atoms with Gasteiger partial charge in [-0.1, -0.05) is 0 Å². The van der Waals surface area contributed by atoms with E-state index in [0.29, 0.717) is 12.1 Å². The number of benzene rings is 1. The van der Waals surface area contributed by atoms with Gasteiger partial charge >= 0.3 is 0 Å². The van der Waals surface area contributed by atoms with Crippen molar-refractivity contribution in [3.05, 3.63) is 39.3 Å². The molecule has 1 N–H and O–H groups in total. The van der Waals surface area contributed by atoms with E-state index in [4.69, 9.17) is 0 Å². The molecule has 2 aromatic rings. The number of aryl methyl sites for hydroxylation is 3. The molecule has 1 aromatic heterocycles. The predicted molar refractivity (Wildman–Crippen MR) is 83.8 cm³/mol. The van der Waals surface area contributed by atoms with Gasteiger partial charge in [-0.3, -0.25) is 9.59 Å². The monoisotopic (exact) mass is 287 g/mol. The van der Waals surface area contributed by atoms with Crippen molar-refractivity contribution in [3.8, 4) is 0 Å². The van der Waals surface area contributed by atoms with E-state index in [1.54, 1.807) is 4.57 Å². The Hall–Kier alpha value is -2.17. The minimum absolute atomic E-state index is 0.0378. The van der Waals surface area contributed by atoms with Gasteiger partial charge in [0.25, 0.3) is 11.5 Å². The maximum absolute atomic E-state index is 12.5. The molecule has 0 saturated heterocycles. The van der Waals surface area contributed by atoms with Crippen LogP contribution in [0.4, 0.5) is 0 Å². The lowest BCUT2D eigenvalue weighted by atomic mass is 10.1. The lowest BCUT2D eigenvalue weighted by Crippen LogP contribution is -2.37. The highest BCUT2D eigenvalue weighted by molar-refractivity contribution is 5.94.